The molecule has 0 spiro atoms. The number of halogens is 3. The second-order valence-electron chi connectivity index (χ2n) is 3.59. The molecule has 1 aromatic heterocycles. The molecule has 5 heteroatoms. The molecule has 17 heavy (non-hydrogen) atoms. The van der Waals surface area contributed by atoms with E-state index in [1.807, 2.05) is 0 Å². The number of H-pyrrole nitrogens is 1. The molecule has 0 saturated heterocycles. The van der Waals surface area contributed by atoms with E-state index in [1.165, 1.54) is 0 Å². The fraction of sp³-hybridized carbons (Fsp3) is 0.0833. The Morgan fingerprint density at radius 1 is 1.12 bits per heavy atom. The van der Waals surface area contributed by atoms with E-state index in [9.17, 15) is 4.79 Å². The molecule has 2 nitrogen and oxygen atoms in total. The number of rotatable bonds is 1. The van der Waals surface area contributed by atoms with E-state index in [-0.39, 0.29) is 5.56 Å². The van der Waals surface area contributed by atoms with Gasteiger partial charge < -0.3 is 4.98 Å². The molecule has 1 aromatic carbocycles. The van der Waals surface area contributed by atoms with Crippen LogP contribution in [0.5, 0.6) is 0 Å². The lowest BCUT2D eigenvalue weighted by atomic mass is 10.0. The lowest BCUT2D eigenvalue weighted by molar-refractivity contribution is 1.18. The van der Waals surface area contributed by atoms with Crippen molar-refractivity contribution in [2.75, 3.05) is 0 Å². The summed E-state index contributed by atoms with van der Waals surface area (Å²) in [5.41, 5.74) is 1.74. The van der Waals surface area contributed by atoms with Crippen LogP contribution < -0.4 is 5.56 Å². The van der Waals surface area contributed by atoms with Gasteiger partial charge in [-0.3, -0.25) is 4.79 Å². The molecule has 0 unspecified atom stereocenters. The topological polar surface area (TPSA) is 32.9 Å². The number of benzene rings is 1. The molecule has 0 amide bonds. The molecule has 1 heterocycles. The Labute approximate surface area is 113 Å². The van der Waals surface area contributed by atoms with Gasteiger partial charge in [0.25, 0.3) is 5.56 Å². The molecule has 0 aliphatic carbocycles. The van der Waals surface area contributed by atoms with Crippen LogP contribution in [-0.4, -0.2) is 4.98 Å². The Morgan fingerprint density at radius 3 is 2.29 bits per heavy atom. The van der Waals surface area contributed by atoms with Gasteiger partial charge in [0.2, 0.25) is 0 Å². The summed E-state index contributed by atoms with van der Waals surface area (Å²) in [4.78, 5) is 14.1. The van der Waals surface area contributed by atoms with Crippen molar-refractivity contribution in [3.63, 3.8) is 0 Å². The first-order valence-corrected chi connectivity index (χ1v) is 5.97. The molecule has 0 fully saturated rings. The van der Waals surface area contributed by atoms with Crippen molar-refractivity contribution in [1.29, 1.82) is 0 Å². The van der Waals surface area contributed by atoms with E-state index in [4.69, 9.17) is 34.8 Å². The number of aromatic nitrogens is 1. The minimum Gasteiger partial charge on any atom is -0.329 e. The van der Waals surface area contributed by atoms with E-state index in [0.717, 1.165) is 0 Å². The fourth-order valence-electron chi connectivity index (χ4n) is 1.63. The zero-order chi connectivity index (χ0) is 12.6. The summed E-state index contributed by atoms with van der Waals surface area (Å²) in [5, 5.41) is 1.32. The number of pyridine rings is 1. The van der Waals surface area contributed by atoms with Crippen LogP contribution in [-0.2, 0) is 0 Å². The molecule has 0 atom stereocenters. The summed E-state index contributed by atoms with van der Waals surface area (Å²) in [7, 11) is 0. The molecule has 88 valence electrons. The summed E-state index contributed by atoms with van der Waals surface area (Å²) in [5.74, 6) is 0. The molecule has 0 bridgehead atoms. The van der Waals surface area contributed by atoms with Gasteiger partial charge in [0, 0.05) is 22.3 Å². The van der Waals surface area contributed by atoms with Gasteiger partial charge in [0.1, 0.15) is 0 Å². The molecule has 0 radical (unpaired) electrons. The van der Waals surface area contributed by atoms with Gasteiger partial charge in [-0.2, -0.15) is 0 Å². The zero-order valence-electron chi connectivity index (χ0n) is 8.85. The largest absolute Gasteiger partial charge is 0.329 e. The van der Waals surface area contributed by atoms with E-state index in [1.54, 1.807) is 31.3 Å². The summed E-state index contributed by atoms with van der Waals surface area (Å²) in [6.45, 7) is 1.72. The second-order valence-corrected chi connectivity index (χ2v) is 4.84. The molecule has 2 aromatic rings. The van der Waals surface area contributed by atoms with Crippen LogP contribution in [0.3, 0.4) is 0 Å². The third-order valence-electron chi connectivity index (χ3n) is 2.49. The minimum absolute atomic E-state index is 0.162. The Bertz CT molecular complexity index is 611. The molecular formula is C12H8Cl3NO. The van der Waals surface area contributed by atoms with Crippen molar-refractivity contribution in [3.05, 3.63) is 55.4 Å². The van der Waals surface area contributed by atoms with Gasteiger partial charge in [-0.05, 0) is 30.7 Å². The molecule has 2 rings (SSSR count). The van der Waals surface area contributed by atoms with Crippen molar-refractivity contribution >= 4 is 34.8 Å². The van der Waals surface area contributed by atoms with Crippen LogP contribution in [0.1, 0.15) is 5.56 Å². The highest BCUT2D eigenvalue weighted by Crippen LogP contribution is 2.37. The third kappa shape index (κ3) is 2.34. The molecular weight excluding hydrogens is 280 g/mol. The van der Waals surface area contributed by atoms with Crippen LogP contribution in [0, 0.1) is 6.92 Å². The standard InChI is InChI=1S/C12H8Cl3NO/c1-6-8(2-3-16-12(6)17)11-9(14)4-7(13)5-10(11)15/h2-5H,1H3,(H,16,17). The lowest BCUT2D eigenvalue weighted by Gasteiger charge is -2.09. The number of aromatic amines is 1. The highest BCUT2D eigenvalue weighted by molar-refractivity contribution is 6.41. The summed E-state index contributed by atoms with van der Waals surface area (Å²) in [6.07, 6.45) is 1.56. The first kappa shape index (κ1) is 12.5. The quantitative estimate of drug-likeness (QED) is 0.833. The average molecular weight is 289 g/mol. The molecule has 1 N–H and O–H groups in total. The van der Waals surface area contributed by atoms with Gasteiger partial charge in [-0.1, -0.05) is 34.8 Å². The number of hydrogen-bond donors (Lipinski definition) is 1. The first-order chi connectivity index (χ1) is 8.00. The normalized spacial score (nSPS) is 10.6. The van der Waals surface area contributed by atoms with Crippen LogP contribution >= 0.6 is 34.8 Å². The van der Waals surface area contributed by atoms with Crippen molar-refractivity contribution in [2.24, 2.45) is 0 Å². The molecule has 0 aliphatic rings. The Kier molecular flexibility index (Phi) is 3.48. The van der Waals surface area contributed by atoms with Gasteiger partial charge in [-0.15, -0.1) is 0 Å². The van der Waals surface area contributed by atoms with E-state index in [0.29, 0.717) is 31.8 Å². The van der Waals surface area contributed by atoms with Crippen LogP contribution in [0.15, 0.2) is 29.2 Å². The first-order valence-electron chi connectivity index (χ1n) is 4.84. The second kappa shape index (κ2) is 4.73. The van der Waals surface area contributed by atoms with E-state index < -0.39 is 0 Å². The highest BCUT2D eigenvalue weighted by Gasteiger charge is 2.13. The van der Waals surface area contributed by atoms with Gasteiger partial charge in [0.15, 0.2) is 0 Å². The van der Waals surface area contributed by atoms with Crippen molar-refractivity contribution in [2.45, 2.75) is 6.92 Å². The van der Waals surface area contributed by atoms with Gasteiger partial charge in [-0.25, -0.2) is 0 Å². The summed E-state index contributed by atoms with van der Waals surface area (Å²) in [6, 6.07) is 4.97. The van der Waals surface area contributed by atoms with E-state index >= 15 is 0 Å². The number of nitrogens with one attached hydrogen (secondary N) is 1. The zero-order valence-corrected chi connectivity index (χ0v) is 11.1. The number of hydrogen-bond acceptors (Lipinski definition) is 1. The van der Waals surface area contributed by atoms with Gasteiger partial charge >= 0.3 is 0 Å². The average Bonchev–Trinajstić information content (AvgIpc) is 2.23. The Hall–Kier alpha value is -0.960. The summed E-state index contributed by atoms with van der Waals surface area (Å²) >= 11 is 18.1. The monoisotopic (exact) mass is 287 g/mol. The predicted octanol–water partition coefficient (Wildman–Crippen LogP) is 4.31. The Morgan fingerprint density at radius 2 is 1.71 bits per heavy atom. The van der Waals surface area contributed by atoms with Crippen LogP contribution in [0.4, 0.5) is 0 Å². The SMILES string of the molecule is Cc1c(-c2c(Cl)cc(Cl)cc2Cl)cc[nH]c1=O. The fourth-order valence-corrected chi connectivity index (χ4v) is 2.65. The van der Waals surface area contributed by atoms with E-state index in [2.05, 4.69) is 4.98 Å². The smallest absolute Gasteiger partial charge is 0.251 e. The minimum atomic E-state index is -0.162. The third-order valence-corrected chi connectivity index (χ3v) is 3.30. The Balaban J connectivity index is 2.77. The van der Waals surface area contributed by atoms with Crippen molar-refractivity contribution in [1.82, 2.24) is 4.98 Å². The molecule has 0 aliphatic heterocycles. The predicted molar refractivity (Wildman–Crippen MR) is 72.3 cm³/mol. The van der Waals surface area contributed by atoms with Crippen LogP contribution in [0.25, 0.3) is 11.1 Å². The highest BCUT2D eigenvalue weighted by atomic mass is 35.5. The molecule has 0 saturated carbocycles. The van der Waals surface area contributed by atoms with Crippen molar-refractivity contribution < 1.29 is 0 Å². The lowest BCUT2D eigenvalue weighted by Crippen LogP contribution is -2.09. The maximum atomic E-state index is 11.5. The maximum absolute atomic E-state index is 11.5. The van der Waals surface area contributed by atoms with Gasteiger partial charge in [0.05, 0.1) is 10.0 Å². The maximum Gasteiger partial charge on any atom is 0.251 e. The summed E-state index contributed by atoms with van der Waals surface area (Å²) < 4.78 is 0. The van der Waals surface area contributed by atoms with Crippen molar-refractivity contribution in [3.8, 4) is 11.1 Å². The van der Waals surface area contributed by atoms with Crippen LogP contribution in [0.2, 0.25) is 15.1 Å².